The van der Waals surface area contributed by atoms with E-state index in [2.05, 4.69) is 12.2 Å². The maximum atomic E-state index is 13.6. The smallest absolute Gasteiger partial charge is 0.142 e. The third-order valence-corrected chi connectivity index (χ3v) is 7.18. The van der Waals surface area contributed by atoms with Crippen molar-refractivity contribution < 1.29 is 9.13 Å². The van der Waals surface area contributed by atoms with Gasteiger partial charge in [-0.05, 0) is 92.7 Å². The van der Waals surface area contributed by atoms with Gasteiger partial charge in [-0.25, -0.2) is 4.39 Å². The van der Waals surface area contributed by atoms with E-state index in [1.807, 2.05) is 6.07 Å². The minimum absolute atomic E-state index is 0.225. The number of allylic oxidation sites excluding steroid dienone is 1. The van der Waals surface area contributed by atoms with Gasteiger partial charge in [-0.1, -0.05) is 42.7 Å². The number of benzene rings is 1. The van der Waals surface area contributed by atoms with E-state index in [4.69, 9.17) is 16.3 Å². The van der Waals surface area contributed by atoms with Crippen LogP contribution in [0.3, 0.4) is 0 Å². The third-order valence-electron chi connectivity index (χ3n) is 6.87. The van der Waals surface area contributed by atoms with Crippen LogP contribution in [0, 0.1) is 29.5 Å². The van der Waals surface area contributed by atoms with Gasteiger partial charge in [0.1, 0.15) is 5.82 Å². The summed E-state index contributed by atoms with van der Waals surface area (Å²) in [6.45, 7) is 0.743. The lowest BCUT2D eigenvalue weighted by Gasteiger charge is -2.37. The molecular weight excluding hydrogens is 359 g/mol. The average Bonchev–Trinajstić information content (AvgIpc) is 2.70. The highest BCUT2D eigenvalue weighted by Gasteiger charge is 2.30. The molecule has 0 N–H and O–H groups in total. The largest absolute Gasteiger partial charge is 0.381 e. The number of methoxy groups -OCH3 is 1. The Kier molecular flexibility index (Phi) is 8.21. The molecule has 0 heterocycles. The first kappa shape index (κ1) is 20.9. The Morgan fingerprint density at radius 2 is 1.70 bits per heavy atom. The molecule has 2 fully saturated rings. The minimum Gasteiger partial charge on any atom is -0.381 e. The third kappa shape index (κ3) is 6.32. The topological polar surface area (TPSA) is 9.23 Å². The fourth-order valence-electron chi connectivity index (χ4n) is 5.17. The van der Waals surface area contributed by atoms with Gasteiger partial charge in [0, 0.05) is 7.11 Å². The molecule has 0 saturated heterocycles. The molecule has 0 radical (unpaired) electrons. The number of halogens is 2. The molecular formula is C24H34ClFO. The van der Waals surface area contributed by atoms with Crippen LogP contribution in [0.15, 0.2) is 30.4 Å². The van der Waals surface area contributed by atoms with Crippen LogP contribution < -0.4 is 0 Å². The summed E-state index contributed by atoms with van der Waals surface area (Å²) in [5, 5.41) is 0.225. The van der Waals surface area contributed by atoms with Crippen LogP contribution in [-0.2, 0) is 11.2 Å². The Morgan fingerprint density at radius 1 is 1.04 bits per heavy atom. The van der Waals surface area contributed by atoms with Gasteiger partial charge in [-0.2, -0.15) is 0 Å². The quantitative estimate of drug-likeness (QED) is 0.445. The second-order valence-corrected chi connectivity index (χ2v) is 9.03. The van der Waals surface area contributed by atoms with E-state index >= 15 is 0 Å². The van der Waals surface area contributed by atoms with Crippen LogP contribution in [0.2, 0.25) is 5.02 Å². The molecule has 0 amide bonds. The average molecular weight is 393 g/mol. The van der Waals surface area contributed by atoms with Gasteiger partial charge in [-0.15, -0.1) is 0 Å². The number of ether oxygens (including phenoxy) is 1. The molecule has 27 heavy (non-hydrogen) atoms. The summed E-state index contributed by atoms with van der Waals surface area (Å²) in [5.74, 6) is 3.19. The zero-order valence-corrected chi connectivity index (χ0v) is 17.4. The van der Waals surface area contributed by atoms with Crippen LogP contribution in [0.4, 0.5) is 4.39 Å². The van der Waals surface area contributed by atoms with Crippen molar-refractivity contribution in [3.05, 3.63) is 46.8 Å². The SMILES string of the molecule is COC/C=C/C1CCC(C2CCC(CCc3ccc(Cl)c(F)c3)CC2)CC1. The molecule has 0 unspecified atom stereocenters. The van der Waals surface area contributed by atoms with Crippen molar-refractivity contribution in [2.45, 2.75) is 64.2 Å². The first-order valence-electron chi connectivity index (χ1n) is 10.7. The van der Waals surface area contributed by atoms with Crippen molar-refractivity contribution >= 4 is 11.6 Å². The van der Waals surface area contributed by atoms with E-state index in [0.717, 1.165) is 42.3 Å². The first-order valence-corrected chi connectivity index (χ1v) is 11.1. The molecule has 0 atom stereocenters. The Hall–Kier alpha value is -0.860. The fraction of sp³-hybridized carbons (Fsp3) is 0.667. The highest BCUT2D eigenvalue weighted by molar-refractivity contribution is 6.30. The highest BCUT2D eigenvalue weighted by atomic mass is 35.5. The number of hydrogen-bond donors (Lipinski definition) is 0. The molecule has 1 nitrogen and oxygen atoms in total. The second kappa shape index (κ2) is 10.6. The second-order valence-electron chi connectivity index (χ2n) is 8.63. The van der Waals surface area contributed by atoms with Crippen LogP contribution in [-0.4, -0.2) is 13.7 Å². The number of hydrogen-bond acceptors (Lipinski definition) is 1. The van der Waals surface area contributed by atoms with Gasteiger partial charge in [0.15, 0.2) is 0 Å². The van der Waals surface area contributed by atoms with Crippen LogP contribution in [0.5, 0.6) is 0 Å². The summed E-state index contributed by atoms with van der Waals surface area (Å²) < 4.78 is 18.7. The van der Waals surface area contributed by atoms with Gasteiger partial charge in [0.2, 0.25) is 0 Å². The van der Waals surface area contributed by atoms with Crippen molar-refractivity contribution in [3.8, 4) is 0 Å². The number of aryl methyl sites for hydroxylation is 1. The molecule has 3 rings (SSSR count). The minimum atomic E-state index is -0.287. The molecule has 2 aliphatic rings. The molecule has 3 heteroatoms. The van der Waals surface area contributed by atoms with Gasteiger partial charge in [0.05, 0.1) is 11.6 Å². The molecule has 0 spiro atoms. The van der Waals surface area contributed by atoms with Crippen molar-refractivity contribution in [2.75, 3.05) is 13.7 Å². The van der Waals surface area contributed by atoms with E-state index in [1.165, 1.54) is 57.8 Å². The van der Waals surface area contributed by atoms with Crippen molar-refractivity contribution in [1.29, 1.82) is 0 Å². The Morgan fingerprint density at radius 3 is 2.33 bits per heavy atom. The molecule has 2 aliphatic carbocycles. The summed E-state index contributed by atoms with van der Waals surface area (Å²) in [6.07, 6.45) is 17.7. The Balaban J connectivity index is 1.36. The number of rotatable bonds is 7. The Labute approximate surface area is 169 Å². The molecule has 0 aromatic heterocycles. The van der Waals surface area contributed by atoms with E-state index < -0.39 is 0 Å². The summed E-state index contributed by atoms with van der Waals surface area (Å²) in [5.41, 5.74) is 1.08. The van der Waals surface area contributed by atoms with E-state index in [-0.39, 0.29) is 10.8 Å². The van der Waals surface area contributed by atoms with E-state index in [9.17, 15) is 4.39 Å². The van der Waals surface area contributed by atoms with Crippen molar-refractivity contribution in [3.63, 3.8) is 0 Å². The van der Waals surface area contributed by atoms with Gasteiger partial charge in [0.25, 0.3) is 0 Å². The summed E-state index contributed by atoms with van der Waals surface area (Å²) in [6, 6.07) is 5.26. The van der Waals surface area contributed by atoms with Gasteiger partial charge in [-0.3, -0.25) is 0 Å². The maximum Gasteiger partial charge on any atom is 0.142 e. The monoisotopic (exact) mass is 392 g/mol. The van der Waals surface area contributed by atoms with E-state index in [0.29, 0.717) is 0 Å². The maximum absolute atomic E-state index is 13.6. The molecule has 1 aromatic carbocycles. The lowest BCUT2D eigenvalue weighted by atomic mass is 9.68. The normalized spacial score (nSPS) is 29.3. The molecule has 0 aliphatic heterocycles. The lowest BCUT2D eigenvalue weighted by Crippen LogP contribution is -2.25. The highest BCUT2D eigenvalue weighted by Crippen LogP contribution is 2.42. The van der Waals surface area contributed by atoms with Gasteiger partial charge < -0.3 is 4.74 Å². The van der Waals surface area contributed by atoms with Gasteiger partial charge >= 0.3 is 0 Å². The van der Waals surface area contributed by atoms with Crippen LogP contribution in [0.25, 0.3) is 0 Å². The lowest BCUT2D eigenvalue weighted by molar-refractivity contribution is 0.152. The first-order chi connectivity index (χ1) is 13.2. The standard InChI is InChI=1S/C24H34ClFO/c1-27-16-2-3-18-6-11-21(12-7-18)22-13-8-19(9-14-22)4-5-20-10-15-23(25)24(26)17-20/h2-3,10,15,17-19,21-22H,4-9,11-14,16H2,1H3/b3-2+. The molecule has 1 aromatic rings. The van der Waals surface area contributed by atoms with Crippen molar-refractivity contribution in [2.24, 2.45) is 23.7 Å². The zero-order chi connectivity index (χ0) is 19.1. The predicted molar refractivity (Wildman–Crippen MR) is 112 cm³/mol. The summed E-state index contributed by atoms with van der Waals surface area (Å²) in [7, 11) is 1.76. The molecule has 0 bridgehead atoms. The summed E-state index contributed by atoms with van der Waals surface area (Å²) >= 11 is 5.78. The predicted octanol–water partition coefficient (Wildman–Crippen LogP) is 7.23. The summed E-state index contributed by atoms with van der Waals surface area (Å²) in [4.78, 5) is 0. The fourth-order valence-corrected chi connectivity index (χ4v) is 5.28. The van der Waals surface area contributed by atoms with E-state index in [1.54, 1.807) is 19.2 Å². The zero-order valence-electron chi connectivity index (χ0n) is 16.6. The van der Waals surface area contributed by atoms with Crippen molar-refractivity contribution in [1.82, 2.24) is 0 Å². The van der Waals surface area contributed by atoms with Crippen LogP contribution in [0.1, 0.15) is 63.4 Å². The molecule has 150 valence electrons. The Bertz CT molecular complexity index is 598. The van der Waals surface area contributed by atoms with Crippen LogP contribution >= 0.6 is 11.6 Å². The molecule has 2 saturated carbocycles.